The second-order valence-electron chi connectivity index (χ2n) is 12.7. The van der Waals surface area contributed by atoms with E-state index in [1.165, 1.54) is 9.80 Å². The molecule has 0 unspecified atom stereocenters. The number of nitrogens with one attached hydrogen (secondary N) is 1. The van der Waals surface area contributed by atoms with Gasteiger partial charge in [0.25, 0.3) is 23.6 Å². The molecule has 2 aromatic heterocycles. The summed E-state index contributed by atoms with van der Waals surface area (Å²) in [6.07, 6.45) is 11.2. The molecule has 0 atom stereocenters. The first-order valence-electron chi connectivity index (χ1n) is 16.6. The molecule has 0 bridgehead atoms. The Morgan fingerprint density at radius 3 is 1.66 bits per heavy atom. The van der Waals surface area contributed by atoms with Crippen LogP contribution in [-0.4, -0.2) is 104 Å². The minimum absolute atomic E-state index is 0.245. The summed E-state index contributed by atoms with van der Waals surface area (Å²) in [5.41, 5.74) is 3.70. The highest BCUT2D eigenvalue weighted by atomic mass is 16.2. The highest BCUT2D eigenvalue weighted by molar-refractivity contribution is 6.26. The Kier molecular flexibility index (Phi) is 8.02. The maximum absolute atomic E-state index is 13.6. The van der Waals surface area contributed by atoms with Gasteiger partial charge < -0.3 is 19.4 Å². The molecular weight excluding hydrogens is 632 g/mol. The van der Waals surface area contributed by atoms with E-state index >= 15 is 0 Å². The van der Waals surface area contributed by atoms with Gasteiger partial charge in [-0.15, -0.1) is 0 Å². The normalized spacial score (nSPS) is 14.2. The SMILES string of the molecule is CN(CCCNCCN1C(=O)c2cccc3cc(-n4ccnc4)cc(c23)C1=O)CCN1C(=O)c2cccc3cc(-n4ccnc4)cc(c23)C1=O. The molecule has 0 radical (unpaired) electrons. The molecule has 6 aromatic rings. The summed E-state index contributed by atoms with van der Waals surface area (Å²) >= 11 is 0. The van der Waals surface area contributed by atoms with Crippen molar-refractivity contribution >= 4 is 45.2 Å². The molecule has 12 heteroatoms. The van der Waals surface area contributed by atoms with Gasteiger partial charge in [-0.05, 0) is 73.7 Å². The number of carbonyl (C=O) groups excluding carboxylic acids is 4. The minimum Gasteiger partial charge on any atom is -0.315 e. The van der Waals surface area contributed by atoms with Crippen LogP contribution in [-0.2, 0) is 0 Å². The number of nitrogens with zero attached hydrogens (tertiary/aromatic N) is 7. The van der Waals surface area contributed by atoms with Crippen LogP contribution in [0.25, 0.3) is 32.9 Å². The topological polar surface area (TPSA) is 126 Å². The Bertz CT molecular complexity index is 2300. The Balaban J connectivity index is 0.846. The van der Waals surface area contributed by atoms with E-state index in [1.807, 2.05) is 77.1 Å². The zero-order valence-electron chi connectivity index (χ0n) is 27.5. The maximum Gasteiger partial charge on any atom is 0.261 e. The van der Waals surface area contributed by atoms with Crippen LogP contribution in [0.3, 0.4) is 0 Å². The fourth-order valence-electron chi connectivity index (χ4n) is 6.98. The number of carbonyl (C=O) groups is 4. The molecule has 4 amide bonds. The van der Waals surface area contributed by atoms with Crippen molar-refractivity contribution in [3.05, 3.63) is 120 Å². The number of hydrogen-bond acceptors (Lipinski definition) is 8. The summed E-state index contributed by atoms with van der Waals surface area (Å²) in [4.78, 5) is 67.0. The number of hydrogen-bond donors (Lipinski definition) is 1. The third-order valence-electron chi connectivity index (χ3n) is 9.54. The van der Waals surface area contributed by atoms with Gasteiger partial charge in [0.05, 0.1) is 23.8 Å². The molecular formula is C38H34N8O4. The lowest BCUT2D eigenvalue weighted by molar-refractivity contribution is 0.0589. The van der Waals surface area contributed by atoms with Crippen molar-refractivity contribution in [2.45, 2.75) is 6.42 Å². The summed E-state index contributed by atoms with van der Waals surface area (Å²) in [5.74, 6) is -1.17. The van der Waals surface area contributed by atoms with E-state index < -0.39 is 0 Å². The minimum atomic E-state index is -0.305. The molecule has 8 rings (SSSR count). The number of likely N-dealkylation sites (N-methyl/N-ethyl adjacent to an activating group) is 1. The van der Waals surface area contributed by atoms with Crippen LogP contribution in [0.5, 0.6) is 0 Å². The standard InChI is InChI=1S/C38H34N8O4/c1-42(17-18-46-36(48)30-8-3-6-26-20-28(44-15-11-41-24-44)22-32(34(26)30)38(46)50)13-4-9-39-12-16-45-35(47)29-7-2-5-25-19-27(43-14-10-40-23-43)21-31(33(25)29)37(45)49/h2-3,5-8,10-11,14-15,19-24,39H,4,9,12-13,16-18H2,1H3. The third kappa shape index (κ3) is 5.44. The number of benzene rings is 4. The molecule has 2 aliphatic rings. The molecule has 4 heterocycles. The lowest BCUT2D eigenvalue weighted by Crippen LogP contribution is -2.44. The van der Waals surface area contributed by atoms with Gasteiger partial charge in [-0.25, -0.2) is 9.97 Å². The third-order valence-corrected chi connectivity index (χ3v) is 9.54. The van der Waals surface area contributed by atoms with E-state index in [4.69, 9.17) is 0 Å². The van der Waals surface area contributed by atoms with Crippen LogP contribution < -0.4 is 5.32 Å². The zero-order chi connectivity index (χ0) is 34.4. The summed E-state index contributed by atoms with van der Waals surface area (Å²) in [6, 6.07) is 18.6. The van der Waals surface area contributed by atoms with Gasteiger partial charge in [0, 0.05) is 84.2 Å². The second-order valence-corrected chi connectivity index (χ2v) is 12.7. The Morgan fingerprint density at radius 1 is 0.620 bits per heavy atom. The summed E-state index contributed by atoms with van der Waals surface area (Å²) in [7, 11) is 1.96. The Labute approximate surface area is 287 Å². The first kappa shape index (κ1) is 31.3. The van der Waals surface area contributed by atoms with Crippen molar-refractivity contribution in [2.24, 2.45) is 0 Å². The van der Waals surface area contributed by atoms with Gasteiger partial charge >= 0.3 is 0 Å². The van der Waals surface area contributed by atoms with Gasteiger partial charge in [-0.2, -0.15) is 0 Å². The smallest absolute Gasteiger partial charge is 0.261 e. The largest absolute Gasteiger partial charge is 0.315 e. The second kappa shape index (κ2) is 12.8. The van der Waals surface area contributed by atoms with E-state index in [0.29, 0.717) is 52.7 Å². The van der Waals surface area contributed by atoms with E-state index in [9.17, 15) is 19.2 Å². The van der Waals surface area contributed by atoms with Crippen LogP contribution in [0.15, 0.2) is 98.1 Å². The number of imide groups is 2. The van der Waals surface area contributed by atoms with Crippen LogP contribution in [0.4, 0.5) is 0 Å². The molecule has 4 aromatic carbocycles. The predicted molar refractivity (Wildman–Crippen MR) is 188 cm³/mol. The van der Waals surface area contributed by atoms with E-state index in [1.54, 1.807) is 37.2 Å². The average Bonchev–Trinajstić information content (AvgIpc) is 3.88. The predicted octanol–water partition coefficient (Wildman–Crippen LogP) is 4.17. The van der Waals surface area contributed by atoms with Gasteiger partial charge in [0.15, 0.2) is 0 Å². The van der Waals surface area contributed by atoms with E-state index in [2.05, 4.69) is 20.2 Å². The first-order valence-corrected chi connectivity index (χ1v) is 16.6. The van der Waals surface area contributed by atoms with Gasteiger partial charge in [0.1, 0.15) is 0 Å². The molecule has 250 valence electrons. The molecule has 0 saturated heterocycles. The summed E-state index contributed by atoms with van der Waals surface area (Å²) < 4.78 is 3.69. The fraction of sp³-hybridized carbons (Fsp3) is 0.211. The number of rotatable bonds is 12. The summed E-state index contributed by atoms with van der Waals surface area (Å²) in [6.45, 7) is 2.89. The van der Waals surface area contributed by atoms with Crippen molar-refractivity contribution in [3.8, 4) is 11.4 Å². The molecule has 12 nitrogen and oxygen atoms in total. The van der Waals surface area contributed by atoms with E-state index in [-0.39, 0.29) is 36.7 Å². The van der Waals surface area contributed by atoms with Crippen LogP contribution in [0.1, 0.15) is 47.9 Å². The number of imidazole rings is 2. The number of aromatic nitrogens is 4. The average molecular weight is 667 g/mol. The lowest BCUT2D eigenvalue weighted by Gasteiger charge is -2.29. The van der Waals surface area contributed by atoms with E-state index in [0.717, 1.165) is 35.1 Å². The van der Waals surface area contributed by atoms with Crippen molar-refractivity contribution in [2.75, 3.05) is 46.3 Å². The van der Waals surface area contributed by atoms with Crippen molar-refractivity contribution < 1.29 is 19.2 Å². The van der Waals surface area contributed by atoms with Gasteiger partial charge in [-0.1, -0.05) is 24.3 Å². The van der Waals surface area contributed by atoms with Crippen molar-refractivity contribution in [3.63, 3.8) is 0 Å². The molecule has 0 fully saturated rings. The molecule has 1 N–H and O–H groups in total. The molecule has 0 saturated carbocycles. The quantitative estimate of drug-likeness (QED) is 0.153. The summed E-state index contributed by atoms with van der Waals surface area (Å²) in [5, 5.41) is 6.41. The Morgan fingerprint density at radius 2 is 1.14 bits per heavy atom. The highest BCUT2D eigenvalue weighted by Gasteiger charge is 2.34. The lowest BCUT2D eigenvalue weighted by atomic mass is 9.93. The van der Waals surface area contributed by atoms with Crippen molar-refractivity contribution in [1.29, 1.82) is 0 Å². The van der Waals surface area contributed by atoms with Crippen molar-refractivity contribution in [1.82, 2.24) is 39.1 Å². The van der Waals surface area contributed by atoms with Crippen LogP contribution >= 0.6 is 0 Å². The van der Waals surface area contributed by atoms with Crippen LogP contribution in [0, 0.1) is 0 Å². The molecule has 2 aliphatic heterocycles. The Hall–Kier alpha value is -5.98. The van der Waals surface area contributed by atoms with Crippen LogP contribution in [0.2, 0.25) is 0 Å². The fourth-order valence-corrected chi connectivity index (χ4v) is 6.98. The first-order chi connectivity index (χ1) is 24.4. The zero-order valence-corrected chi connectivity index (χ0v) is 27.5. The van der Waals surface area contributed by atoms with Gasteiger partial charge in [0.2, 0.25) is 0 Å². The maximum atomic E-state index is 13.6. The molecule has 50 heavy (non-hydrogen) atoms. The monoisotopic (exact) mass is 666 g/mol. The number of amides is 4. The molecule has 0 spiro atoms. The highest BCUT2D eigenvalue weighted by Crippen LogP contribution is 2.33. The molecule has 0 aliphatic carbocycles. The van der Waals surface area contributed by atoms with Gasteiger partial charge in [-0.3, -0.25) is 29.0 Å².